The van der Waals surface area contributed by atoms with E-state index in [9.17, 15) is 4.79 Å². The van der Waals surface area contributed by atoms with Crippen LogP contribution in [0.15, 0.2) is 24.3 Å². The first-order valence-electron chi connectivity index (χ1n) is 7.30. The fraction of sp³-hybridized carbons (Fsp3) is 0.562. The van der Waals surface area contributed by atoms with Gasteiger partial charge < -0.3 is 10.6 Å². The number of benzene rings is 1. The summed E-state index contributed by atoms with van der Waals surface area (Å²) < 4.78 is 0. The lowest BCUT2D eigenvalue weighted by atomic mass is 10.1. The number of nitrogens with one attached hydrogen (secondary N) is 2. The van der Waals surface area contributed by atoms with Crippen LogP contribution in [0.5, 0.6) is 0 Å². The van der Waals surface area contributed by atoms with E-state index < -0.39 is 0 Å². The quantitative estimate of drug-likeness (QED) is 0.746. The Morgan fingerprint density at radius 1 is 1.26 bits per heavy atom. The van der Waals surface area contributed by atoms with Crippen LogP contribution >= 0.6 is 0 Å². The van der Waals surface area contributed by atoms with E-state index in [0.717, 1.165) is 31.5 Å². The minimum absolute atomic E-state index is 0.105. The summed E-state index contributed by atoms with van der Waals surface area (Å²) in [5.41, 5.74) is 2.10. The second-order valence-electron chi connectivity index (χ2n) is 4.95. The molecule has 3 nitrogen and oxygen atoms in total. The van der Waals surface area contributed by atoms with Gasteiger partial charge in [-0.2, -0.15) is 0 Å². The minimum Gasteiger partial charge on any atom is -0.326 e. The van der Waals surface area contributed by atoms with Crippen LogP contribution in [0.1, 0.15) is 58.1 Å². The molecule has 19 heavy (non-hydrogen) atoms. The summed E-state index contributed by atoms with van der Waals surface area (Å²) >= 11 is 0. The van der Waals surface area contributed by atoms with E-state index in [-0.39, 0.29) is 5.91 Å². The molecule has 0 aliphatic heterocycles. The van der Waals surface area contributed by atoms with E-state index in [4.69, 9.17) is 0 Å². The number of hydrogen-bond donors (Lipinski definition) is 2. The summed E-state index contributed by atoms with van der Waals surface area (Å²) in [6.45, 7) is 7.40. The highest BCUT2D eigenvalue weighted by atomic mass is 16.1. The standard InChI is InChI=1S/C16H26N2O/c1-4-6-10-16(19)18-15-9-7-8-14(12-15)13(3)17-11-5-2/h7-9,12-13,17H,4-6,10-11H2,1-3H3,(H,18,19). The van der Waals surface area contributed by atoms with Gasteiger partial charge in [0.2, 0.25) is 5.91 Å². The third-order valence-corrected chi connectivity index (χ3v) is 3.13. The fourth-order valence-corrected chi connectivity index (χ4v) is 1.93. The molecule has 1 rings (SSSR count). The average Bonchev–Trinajstić information content (AvgIpc) is 2.42. The van der Waals surface area contributed by atoms with E-state index in [1.54, 1.807) is 0 Å². The first-order chi connectivity index (χ1) is 9.17. The zero-order chi connectivity index (χ0) is 14.1. The number of anilines is 1. The van der Waals surface area contributed by atoms with Crippen LogP contribution in [0, 0.1) is 0 Å². The van der Waals surface area contributed by atoms with Gasteiger partial charge in [-0.05, 0) is 44.0 Å². The second-order valence-corrected chi connectivity index (χ2v) is 4.95. The first-order valence-corrected chi connectivity index (χ1v) is 7.30. The van der Waals surface area contributed by atoms with Gasteiger partial charge in [-0.1, -0.05) is 32.4 Å². The molecular formula is C16H26N2O. The van der Waals surface area contributed by atoms with Crippen molar-refractivity contribution in [3.63, 3.8) is 0 Å². The third kappa shape index (κ3) is 5.88. The molecule has 2 N–H and O–H groups in total. The molecule has 1 unspecified atom stereocenters. The highest BCUT2D eigenvalue weighted by Gasteiger charge is 2.06. The molecule has 0 bridgehead atoms. The molecule has 1 aromatic carbocycles. The smallest absolute Gasteiger partial charge is 0.224 e. The van der Waals surface area contributed by atoms with Gasteiger partial charge in [0.1, 0.15) is 0 Å². The normalized spacial score (nSPS) is 12.2. The van der Waals surface area contributed by atoms with Crippen molar-refractivity contribution in [2.24, 2.45) is 0 Å². The summed E-state index contributed by atoms with van der Waals surface area (Å²) in [5, 5.41) is 6.41. The second kappa shape index (κ2) is 8.70. The predicted molar refractivity (Wildman–Crippen MR) is 81.3 cm³/mol. The lowest BCUT2D eigenvalue weighted by Gasteiger charge is -2.15. The van der Waals surface area contributed by atoms with Gasteiger partial charge in [-0.25, -0.2) is 0 Å². The van der Waals surface area contributed by atoms with Crippen LogP contribution in [0.3, 0.4) is 0 Å². The highest BCUT2D eigenvalue weighted by molar-refractivity contribution is 5.90. The Morgan fingerprint density at radius 2 is 2.05 bits per heavy atom. The maximum absolute atomic E-state index is 11.7. The number of unbranched alkanes of at least 4 members (excludes halogenated alkanes) is 1. The molecule has 1 amide bonds. The molecule has 0 spiro atoms. The molecule has 0 saturated carbocycles. The van der Waals surface area contributed by atoms with Crippen molar-refractivity contribution in [2.45, 2.75) is 52.5 Å². The largest absolute Gasteiger partial charge is 0.326 e. The van der Waals surface area contributed by atoms with Crippen molar-refractivity contribution < 1.29 is 4.79 Å². The van der Waals surface area contributed by atoms with Crippen LogP contribution < -0.4 is 10.6 Å². The first kappa shape index (κ1) is 15.7. The topological polar surface area (TPSA) is 41.1 Å². The van der Waals surface area contributed by atoms with Crippen LogP contribution in [0.4, 0.5) is 5.69 Å². The van der Waals surface area contributed by atoms with Crippen molar-refractivity contribution in [1.82, 2.24) is 5.32 Å². The molecule has 0 radical (unpaired) electrons. The Kier molecular flexibility index (Phi) is 7.19. The third-order valence-electron chi connectivity index (χ3n) is 3.13. The Labute approximate surface area is 116 Å². The molecule has 1 aromatic rings. The lowest BCUT2D eigenvalue weighted by Crippen LogP contribution is -2.19. The van der Waals surface area contributed by atoms with E-state index in [2.05, 4.69) is 43.5 Å². The molecule has 3 heteroatoms. The van der Waals surface area contributed by atoms with E-state index >= 15 is 0 Å². The summed E-state index contributed by atoms with van der Waals surface area (Å²) in [7, 11) is 0. The van der Waals surface area contributed by atoms with Crippen molar-refractivity contribution in [2.75, 3.05) is 11.9 Å². The van der Waals surface area contributed by atoms with Gasteiger partial charge in [0.15, 0.2) is 0 Å². The van der Waals surface area contributed by atoms with Crippen molar-refractivity contribution in [3.05, 3.63) is 29.8 Å². The SMILES string of the molecule is CCCCC(=O)Nc1cccc(C(C)NCCC)c1. The van der Waals surface area contributed by atoms with Gasteiger partial charge in [0.25, 0.3) is 0 Å². The number of amides is 1. The monoisotopic (exact) mass is 262 g/mol. The molecule has 0 aliphatic carbocycles. The number of carbonyl (C=O) groups is 1. The summed E-state index contributed by atoms with van der Waals surface area (Å²) in [4.78, 5) is 11.7. The van der Waals surface area contributed by atoms with Gasteiger partial charge in [0.05, 0.1) is 0 Å². The van der Waals surface area contributed by atoms with E-state index in [1.807, 2.05) is 12.1 Å². The number of rotatable bonds is 8. The molecule has 0 fully saturated rings. The summed E-state index contributed by atoms with van der Waals surface area (Å²) in [6, 6.07) is 8.40. The Morgan fingerprint density at radius 3 is 2.74 bits per heavy atom. The minimum atomic E-state index is 0.105. The van der Waals surface area contributed by atoms with Crippen LogP contribution in [-0.2, 0) is 4.79 Å². The Bertz CT molecular complexity index is 390. The Hall–Kier alpha value is -1.35. The number of hydrogen-bond acceptors (Lipinski definition) is 2. The van der Waals surface area contributed by atoms with Crippen LogP contribution in [0.2, 0.25) is 0 Å². The zero-order valence-corrected chi connectivity index (χ0v) is 12.3. The van der Waals surface area contributed by atoms with Crippen LogP contribution in [-0.4, -0.2) is 12.5 Å². The molecule has 106 valence electrons. The van der Waals surface area contributed by atoms with Gasteiger partial charge >= 0.3 is 0 Å². The lowest BCUT2D eigenvalue weighted by molar-refractivity contribution is -0.116. The van der Waals surface area contributed by atoms with Crippen molar-refractivity contribution >= 4 is 11.6 Å². The average molecular weight is 262 g/mol. The van der Waals surface area contributed by atoms with Crippen molar-refractivity contribution in [3.8, 4) is 0 Å². The molecular weight excluding hydrogens is 236 g/mol. The zero-order valence-electron chi connectivity index (χ0n) is 12.3. The molecule has 0 aliphatic rings. The highest BCUT2D eigenvalue weighted by Crippen LogP contribution is 2.17. The molecule has 0 heterocycles. The molecule has 1 atom stereocenters. The summed E-state index contributed by atoms with van der Waals surface area (Å²) in [6.07, 6.45) is 3.72. The summed E-state index contributed by atoms with van der Waals surface area (Å²) in [5.74, 6) is 0.105. The van der Waals surface area contributed by atoms with Gasteiger partial charge in [-0.3, -0.25) is 4.79 Å². The molecule has 0 aromatic heterocycles. The predicted octanol–water partition coefficient (Wildman–Crippen LogP) is 3.88. The van der Waals surface area contributed by atoms with E-state index in [0.29, 0.717) is 12.5 Å². The van der Waals surface area contributed by atoms with E-state index in [1.165, 1.54) is 5.56 Å². The maximum atomic E-state index is 11.7. The van der Waals surface area contributed by atoms with Crippen molar-refractivity contribution in [1.29, 1.82) is 0 Å². The molecule has 0 saturated heterocycles. The Balaban J connectivity index is 2.58. The fourth-order valence-electron chi connectivity index (χ4n) is 1.93. The maximum Gasteiger partial charge on any atom is 0.224 e. The van der Waals surface area contributed by atoms with Gasteiger partial charge in [0, 0.05) is 18.2 Å². The van der Waals surface area contributed by atoms with Crippen LogP contribution in [0.25, 0.3) is 0 Å². The number of carbonyl (C=O) groups excluding carboxylic acids is 1. The van der Waals surface area contributed by atoms with Gasteiger partial charge in [-0.15, -0.1) is 0 Å².